The number of methoxy groups -OCH3 is 1. The van der Waals surface area contributed by atoms with Gasteiger partial charge in [-0.1, -0.05) is 24.3 Å². The Labute approximate surface area is 213 Å². The molecule has 38 heavy (non-hydrogen) atoms. The fraction of sp³-hybridized carbons (Fsp3) is 0.0714. The highest BCUT2D eigenvalue weighted by Crippen LogP contribution is 2.48. The molecule has 3 aromatic heterocycles. The summed E-state index contributed by atoms with van der Waals surface area (Å²) in [6, 6.07) is 17.8. The van der Waals surface area contributed by atoms with Gasteiger partial charge in [0.2, 0.25) is 5.88 Å². The predicted octanol–water partition coefficient (Wildman–Crippen LogP) is 5.04. The molecule has 3 aromatic carbocycles. The summed E-state index contributed by atoms with van der Waals surface area (Å²) >= 11 is 0. The van der Waals surface area contributed by atoms with Crippen LogP contribution in [-0.2, 0) is 0 Å². The van der Waals surface area contributed by atoms with Gasteiger partial charge in [0.25, 0.3) is 0 Å². The van der Waals surface area contributed by atoms with Crippen LogP contribution in [0.4, 0.5) is 4.39 Å². The summed E-state index contributed by atoms with van der Waals surface area (Å²) in [5.41, 5.74) is 2.08. The number of hydrogen-bond donors (Lipinski definition) is 1. The van der Waals surface area contributed by atoms with Gasteiger partial charge in [-0.05, 0) is 48.0 Å². The molecule has 0 radical (unpaired) electrons. The van der Waals surface area contributed by atoms with Crippen LogP contribution in [0, 0.1) is 5.82 Å². The predicted molar refractivity (Wildman–Crippen MR) is 134 cm³/mol. The number of phenolic OH excluding ortho intramolecular Hbond substituents is 1. The lowest BCUT2D eigenvalue weighted by Crippen LogP contribution is -2.22. The van der Waals surface area contributed by atoms with Crippen LogP contribution >= 0.6 is 0 Å². The number of aromatic hydroxyl groups is 1. The molecule has 0 saturated heterocycles. The quantitative estimate of drug-likeness (QED) is 0.331. The Balaban J connectivity index is 1.51. The molecule has 0 bridgehead atoms. The smallest absolute Gasteiger partial charge is 0.344 e. The number of hydrogen-bond acceptors (Lipinski definition) is 8. The minimum atomic E-state index is -0.729. The second kappa shape index (κ2) is 8.13. The first-order valence-electron chi connectivity index (χ1n) is 11.6. The van der Waals surface area contributed by atoms with Crippen LogP contribution in [0.25, 0.3) is 28.0 Å². The van der Waals surface area contributed by atoms with E-state index in [9.17, 15) is 14.3 Å². The largest absolute Gasteiger partial charge is 0.504 e. The second-order valence-electron chi connectivity index (χ2n) is 8.77. The molecule has 0 fully saturated rings. The van der Waals surface area contributed by atoms with E-state index in [1.54, 1.807) is 42.5 Å². The van der Waals surface area contributed by atoms with Crippen molar-refractivity contribution in [3.05, 3.63) is 106 Å². The van der Waals surface area contributed by atoms with Crippen LogP contribution in [0.2, 0.25) is 0 Å². The number of para-hydroxylation sites is 1. The van der Waals surface area contributed by atoms with Gasteiger partial charge in [0.15, 0.2) is 28.7 Å². The van der Waals surface area contributed by atoms with Crippen LogP contribution < -0.4 is 15.1 Å². The van der Waals surface area contributed by atoms with Crippen LogP contribution in [0.1, 0.15) is 22.6 Å². The summed E-state index contributed by atoms with van der Waals surface area (Å²) in [5.74, 6) is 0.000997. The average Bonchev–Trinajstić information content (AvgIpc) is 3.37. The molecular weight excluding hydrogens is 491 g/mol. The molecule has 0 amide bonds. The number of fused-ring (bicyclic) bond motifs is 6. The van der Waals surface area contributed by atoms with Crippen LogP contribution in [0.3, 0.4) is 0 Å². The van der Waals surface area contributed by atoms with Gasteiger partial charge in [0.05, 0.1) is 29.5 Å². The number of ether oxygens (including phenoxy) is 2. The Morgan fingerprint density at radius 3 is 2.66 bits per heavy atom. The zero-order valence-corrected chi connectivity index (χ0v) is 19.8. The molecular formula is C28H17FN4O5. The third-order valence-electron chi connectivity index (χ3n) is 6.60. The molecule has 7 rings (SSSR count). The molecule has 9 nitrogen and oxygen atoms in total. The lowest BCUT2D eigenvalue weighted by atomic mass is 9.84. The molecule has 0 aliphatic carbocycles. The second-order valence-corrected chi connectivity index (χ2v) is 8.77. The maximum atomic E-state index is 13.9. The topological polar surface area (TPSA) is 112 Å². The van der Waals surface area contributed by atoms with Crippen LogP contribution in [-0.4, -0.2) is 31.8 Å². The minimum Gasteiger partial charge on any atom is -0.504 e. The third-order valence-corrected chi connectivity index (χ3v) is 6.60. The SMILES string of the molecule is COc1ccc(-c2nc3c4c(ncn3n2)Oc2c(c(=O)oc3ccccc23)C4c2ccc(F)cc2)cc1O. The average molecular weight is 508 g/mol. The van der Waals surface area contributed by atoms with Gasteiger partial charge in [-0.2, -0.15) is 0 Å². The molecule has 1 aliphatic heterocycles. The Hall–Kier alpha value is -5.25. The summed E-state index contributed by atoms with van der Waals surface area (Å²) < 4.78 is 32.4. The highest BCUT2D eigenvalue weighted by molar-refractivity contribution is 5.87. The van der Waals surface area contributed by atoms with E-state index in [2.05, 4.69) is 10.1 Å². The number of aromatic nitrogens is 4. The molecule has 10 heteroatoms. The van der Waals surface area contributed by atoms with Crippen molar-refractivity contribution in [2.45, 2.75) is 5.92 Å². The lowest BCUT2D eigenvalue weighted by Gasteiger charge is -2.27. The van der Waals surface area contributed by atoms with E-state index in [1.165, 1.54) is 36.2 Å². The molecule has 186 valence electrons. The minimum absolute atomic E-state index is 0.0602. The molecule has 4 heterocycles. The zero-order chi connectivity index (χ0) is 26.0. The highest BCUT2D eigenvalue weighted by Gasteiger charge is 2.37. The number of phenols is 1. The van der Waals surface area contributed by atoms with E-state index in [4.69, 9.17) is 18.9 Å². The number of rotatable bonds is 3. The molecule has 1 N–H and O–H groups in total. The zero-order valence-electron chi connectivity index (χ0n) is 19.8. The Kier molecular flexibility index (Phi) is 4.71. The summed E-state index contributed by atoms with van der Waals surface area (Å²) in [7, 11) is 1.46. The monoisotopic (exact) mass is 508 g/mol. The Bertz CT molecular complexity index is 1950. The van der Waals surface area contributed by atoms with Crippen LogP contribution in [0.15, 0.2) is 82.3 Å². The van der Waals surface area contributed by atoms with Gasteiger partial charge in [-0.15, -0.1) is 5.10 Å². The Morgan fingerprint density at radius 2 is 1.87 bits per heavy atom. The molecule has 1 unspecified atom stereocenters. The normalized spacial score (nSPS) is 14.2. The third kappa shape index (κ3) is 3.23. The van der Waals surface area contributed by atoms with Crippen molar-refractivity contribution >= 4 is 16.6 Å². The molecule has 1 atom stereocenters. The standard InChI is InChI=1S/C28H17FN4O5/c1-36-20-11-8-15(12-18(20)34)25-31-26-23-21(14-6-9-16(29)10-7-14)22-24(38-27(23)30-13-33(26)32-25)17-4-2-3-5-19(17)37-28(22)35/h2-13,21,34H,1H3. The summed E-state index contributed by atoms with van der Waals surface area (Å²) in [5, 5.41) is 15.4. The first-order valence-corrected chi connectivity index (χ1v) is 11.6. The van der Waals surface area contributed by atoms with Gasteiger partial charge in [-0.3, -0.25) is 0 Å². The van der Waals surface area contributed by atoms with Crippen molar-refractivity contribution in [3.63, 3.8) is 0 Å². The highest BCUT2D eigenvalue weighted by atomic mass is 19.1. The van der Waals surface area contributed by atoms with Crippen molar-refractivity contribution < 1.29 is 23.4 Å². The van der Waals surface area contributed by atoms with E-state index in [-0.39, 0.29) is 17.2 Å². The van der Waals surface area contributed by atoms with Crippen molar-refractivity contribution in [1.29, 1.82) is 0 Å². The van der Waals surface area contributed by atoms with Crippen LogP contribution in [0.5, 0.6) is 23.1 Å². The Morgan fingerprint density at radius 1 is 1.05 bits per heavy atom. The van der Waals surface area contributed by atoms with Crippen molar-refractivity contribution in [3.8, 4) is 34.5 Å². The van der Waals surface area contributed by atoms with Crippen molar-refractivity contribution in [2.24, 2.45) is 0 Å². The maximum absolute atomic E-state index is 13.9. The lowest BCUT2D eigenvalue weighted by molar-refractivity contribution is 0.373. The van der Waals surface area contributed by atoms with Gasteiger partial charge in [0.1, 0.15) is 17.7 Å². The van der Waals surface area contributed by atoms with E-state index in [0.29, 0.717) is 50.6 Å². The fourth-order valence-electron chi connectivity index (χ4n) is 4.87. The van der Waals surface area contributed by atoms with Gasteiger partial charge in [0, 0.05) is 5.56 Å². The van der Waals surface area contributed by atoms with Gasteiger partial charge in [-0.25, -0.2) is 23.7 Å². The van der Waals surface area contributed by atoms with Crippen molar-refractivity contribution in [1.82, 2.24) is 19.6 Å². The summed E-state index contributed by atoms with van der Waals surface area (Å²) in [4.78, 5) is 22.6. The number of nitrogens with zero attached hydrogens (tertiary/aromatic N) is 4. The fourth-order valence-corrected chi connectivity index (χ4v) is 4.87. The summed E-state index contributed by atoms with van der Waals surface area (Å²) in [6.45, 7) is 0. The molecule has 1 aliphatic rings. The van der Waals surface area contributed by atoms with Crippen molar-refractivity contribution in [2.75, 3.05) is 7.11 Å². The van der Waals surface area contributed by atoms with E-state index < -0.39 is 17.4 Å². The van der Waals surface area contributed by atoms with Gasteiger partial charge < -0.3 is 19.0 Å². The molecule has 0 spiro atoms. The van der Waals surface area contributed by atoms with E-state index in [1.807, 2.05) is 6.07 Å². The number of benzene rings is 3. The first-order chi connectivity index (χ1) is 18.5. The molecule has 0 saturated carbocycles. The van der Waals surface area contributed by atoms with E-state index >= 15 is 0 Å². The van der Waals surface area contributed by atoms with Gasteiger partial charge >= 0.3 is 5.63 Å². The summed E-state index contributed by atoms with van der Waals surface area (Å²) in [6.07, 6.45) is 1.47. The first kappa shape index (κ1) is 22.0. The number of halogens is 1. The van der Waals surface area contributed by atoms with E-state index in [0.717, 1.165) is 0 Å². The maximum Gasteiger partial charge on any atom is 0.344 e. The molecule has 6 aromatic rings.